The molecule has 168 valence electrons. The minimum Gasteiger partial charge on any atom is -0.351 e. The topological polar surface area (TPSA) is 108 Å². The molecule has 0 aliphatic carbocycles. The maximum atomic E-state index is 12.8. The zero-order valence-electron chi connectivity index (χ0n) is 18.3. The van der Waals surface area contributed by atoms with Crippen molar-refractivity contribution in [2.75, 3.05) is 19.3 Å². The molecule has 1 fully saturated rings. The maximum absolute atomic E-state index is 12.8. The molecule has 8 nitrogen and oxygen atoms in total. The number of urea groups is 1. The van der Waals surface area contributed by atoms with Gasteiger partial charge >= 0.3 is 6.03 Å². The van der Waals surface area contributed by atoms with Gasteiger partial charge < -0.3 is 16.0 Å². The van der Waals surface area contributed by atoms with Gasteiger partial charge in [-0.25, -0.2) is 17.5 Å². The molecule has 30 heavy (non-hydrogen) atoms. The van der Waals surface area contributed by atoms with Gasteiger partial charge in [0, 0.05) is 25.7 Å². The average molecular weight is 439 g/mol. The molecule has 3 N–H and O–H groups in total. The van der Waals surface area contributed by atoms with Crippen molar-refractivity contribution in [3.05, 3.63) is 35.4 Å². The van der Waals surface area contributed by atoms with E-state index < -0.39 is 16.1 Å². The van der Waals surface area contributed by atoms with Gasteiger partial charge in [0.2, 0.25) is 15.9 Å². The summed E-state index contributed by atoms with van der Waals surface area (Å²) < 4.78 is 24.7. The van der Waals surface area contributed by atoms with Crippen LogP contribution in [0.1, 0.15) is 44.2 Å². The van der Waals surface area contributed by atoms with Gasteiger partial charge in [-0.05, 0) is 37.7 Å². The third-order valence-corrected chi connectivity index (χ3v) is 6.48. The minimum atomic E-state index is -3.20. The first-order valence-corrected chi connectivity index (χ1v) is 12.2. The number of benzene rings is 1. The Balaban J connectivity index is 1.87. The molecule has 0 spiro atoms. The molecule has 3 amide bonds. The van der Waals surface area contributed by atoms with Crippen LogP contribution in [0.3, 0.4) is 0 Å². The molecule has 1 aliphatic heterocycles. The fourth-order valence-electron chi connectivity index (χ4n) is 3.43. The van der Waals surface area contributed by atoms with Gasteiger partial charge in [-0.3, -0.25) is 4.79 Å². The van der Waals surface area contributed by atoms with Crippen molar-refractivity contribution in [2.45, 2.75) is 58.7 Å². The Morgan fingerprint density at radius 1 is 1.13 bits per heavy atom. The van der Waals surface area contributed by atoms with E-state index in [-0.39, 0.29) is 23.9 Å². The zero-order valence-corrected chi connectivity index (χ0v) is 19.1. The highest BCUT2D eigenvalue weighted by molar-refractivity contribution is 7.88. The SMILES string of the molecule is Cc1ccc(CNC(=O)NC(CC(C)C)C(=O)NC2CCN(S(C)(=O)=O)CC2)cc1. The van der Waals surface area contributed by atoms with Crippen LogP contribution in [0.5, 0.6) is 0 Å². The second-order valence-corrected chi connectivity index (χ2v) is 10.4. The highest BCUT2D eigenvalue weighted by atomic mass is 32.2. The molecule has 0 radical (unpaired) electrons. The first kappa shape index (κ1) is 24.1. The van der Waals surface area contributed by atoms with Crippen molar-refractivity contribution >= 4 is 22.0 Å². The van der Waals surface area contributed by atoms with Crippen LogP contribution in [0.4, 0.5) is 4.79 Å². The van der Waals surface area contributed by atoms with Crippen molar-refractivity contribution in [3.63, 3.8) is 0 Å². The highest BCUT2D eigenvalue weighted by Gasteiger charge is 2.28. The minimum absolute atomic E-state index is 0.0948. The number of aryl methyl sites for hydroxylation is 1. The molecule has 1 heterocycles. The molecule has 1 aromatic rings. The van der Waals surface area contributed by atoms with Crippen molar-refractivity contribution in [1.82, 2.24) is 20.3 Å². The quantitative estimate of drug-likeness (QED) is 0.575. The van der Waals surface area contributed by atoms with E-state index in [0.717, 1.165) is 11.1 Å². The van der Waals surface area contributed by atoms with Crippen LogP contribution >= 0.6 is 0 Å². The number of nitrogens with one attached hydrogen (secondary N) is 3. The van der Waals surface area contributed by atoms with Crippen molar-refractivity contribution in [1.29, 1.82) is 0 Å². The lowest BCUT2D eigenvalue weighted by Crippen LogP contribution is -2.54. The lowest BCUT2D eigenvalue weighted by atomic mass is 10.0. The Hall–Kier alpha value is -2.13. The van der Waals surface area contributed by atoms with Crippen LogP contribution in [0.2, 0.25) is 0 Å². The number of hydrogen-bond donors (Lipinski definition) is 3. The normalized spacial score (nSPS) is 16.8. The summed E-state index contributed by atoms with van der Waals surface area (Å²) >= 11 is 0. The van der Waals surface area contributed by atoms with E-state index in [0.29, 0.717) is 38.9 Å². The summed E-state index contributed by atoms with van der Waals surface area (Å²) in [5.41, 5.74) is 2.14. The smallest absolute Gasteiger partial charge is 0.315 e. The zero-order chi connectivity index (χ0) is 22.3. The van der Waals surface area contributed by atoms with Gasteiger partial charge in [-0.2, -0.15) is 0 Å². The summed E-state index contributed by atoms with van der Waals surface area (Å²) in [6.07, 6.45) is 2.84. The Morgan fingerprint density at radius 2 is 1.73 bits per heavy atom. The number of piperidine rings is 1. The molecule has 9 heteroatoms. The van der Waals surface area contributed by atoms with Gasteiger partial charge in [-0.1, -0.05) is 43.7 Å². The Kier molecular flexibility index (Phi) is 8.66. The molecular formula is C21H34N4O4S. The van der Waals surface area contributed by atoms with Gasteiger partial charge in [0.1, 0.15) is 6.04 Å². The lowest BCUT2D eigenvalue weighted by Gasteiger charge is -2.32. The summed E-state index contributed by atoms with van der Waals surface area (Å²) in [6.45, 7) is 7.16. The maximum Gasteiger partial charge on any atom is 0.315 e. The molecule has 0 aromatic heterocycles. The van der Waals surface area contributed by atoms with E-state index >= 15 is 0 Å². The number of rotatable bonds is 8. The summed E-state index contributed by atoms with van der Waals surface area (Å²) in [5, 5.41) is 8.56. The number of sulfonamides is 1. The monoisotopic (exact) mass is 438 g/mol. The number of hydrogen-bond acceptors (Lipinski definition) is 4. The van der Waals surface area contributed by atoms with Crippen molar-refractivity contribution in [3.8, 4) is 0 Å². The summed E-state index contributed by atoms with van der Waals surface area (Å²) in [7, 11) is -3.20. The molecule has 1 saturated heterocycles. The predicted molar refractivity (Wildman–Crippen MR) is 117 cm³/mol. The second-order valence-electron chi connectivity index (χ2n) is 8.44. The van der Waals surface area contributed by atoms with E-state index in [1.165, 1.54) is 10.6 Å². The molecule has 0 saturated carbocycles. The fraction of sp³-hybridized carbons (Fsp3) is 0.619. The molecular weight excluding hydrogens is 404 g/mol. The molecule has 1 atom stereocenters. The van der Waals surface area contributed by atoms with Crippen molar-refractivity contribution in [2.24, 2.45) is 5.92 Å². The van der Waals surface area contributed by atoms with Gasteiger partial charge in [0.25, 0.3) is 0 Å². The van der Waals surface area contributed by atoms with Crippen LogP contribution in [0.15, 0.2) is 24.3 Å². The molecule has 1 unspecified atom stereocenters. The number of carbonyl (C=O) groups is 2. The Morgan fingerprint density at radius 3 is 2.27 bits per heavy atom. The second kappa shape index (κ2) is 10.8. The lowest BCUT2D eigenvalue weighted by molar-refractivity contribution is -0.124. The Bertz CT molecular complexity index is 816. The van der Waals surface area contributed by atoms with Crippen LogP contribution in [0, 0.1) is 12.8 Å². The van der Waals surface area contributed by atoms with Gasteiger partial charge in [0.15, 0.2) is 0 Å². The number of carbonyl (C=O) groups excluding carboxylic acids is 2. The van der Waals surface area contributed by atoms with Crippen LogP contribution in [-0.2, 0) is 21.4 Å². The molecule has 2 rings (SSSR count). The van der Waals surface area contributed by atoms with E-state index in [4.69, 9.17) is 0 Å². The first-order valence-electron chi connectivity index (χ1n) is 10.4. The summed E-state index contributed by atoms with van der Waals surface area (Å²) in [6, 6.07) is 6.76. The van der Waals surface area contributed by atoms with Gasteiger partial charge in [-0.15, -0.1) is 0 Å². The largest absolute Gasteiger partial charge is 0.351 e. The summed E-state index contributed by atoms with van der Waals surface area (Å²) in [5.74, 6) is -0.00257. The summed E-state index contributed by atoms with van der Waals surface area (Å²) in [4.78, 5) is 25.1. The van der Waals surface area contributed by atoms with Crippen LogP contribution in [0.25, 0.3) is 0 Å². The predicted octanol–water partition coefficient (Wildman–Crippen LogP) is 1.75. The van der Waals surface area contributed by atoms with Crippen LogP contribution in [-0.4, -0.2) is 56.1 Å². The van der Waals surface area contributed by atoms with E-state index in [9.17, 15) is 18.0 Å². The van der Waals surface area contributed by atoms with E-state index in [1.807, 2.05) is 45.0 Å². The average Bonchev–Trinajstić information content (AvgIpc) is 2.66. The highest BCUT2D eigenvalue weighted by Crippen LogP contribution is 2.14. The third-order valence-electron chi connectivity index (χ3n) is 5.17. The molecule has 1 aromatic carbocycles. The van der Waals surface area contributed by atoms with Crippen LogP contribution < -0.4 is 16.0 Å². The first-order chi connectivity index (χ1) is 14.0. The number of nitrogens with zero attached hydrogens (tertiary/aromatic N) is 1. The standard InChI is InChI=1S/C21H34N4O4S/c1-15(2)13-19(24-21(27)22-14-17-7-5-16(3)6-8-17)20(26)23-18-9-11-25(12-10-18)30(4,28)29/h5-8,15,18-19H,9-14H2,1-4H3,(H,23,26)(H2,22,24,27). The van der Waals surface area contributed by atoms with Crippen molar-refractivity contribution < 1.29 is 18.0 Å². The number of amides is 3. The Labute approximate surface area is 179 Å². The molecule has 1 aliphatic rings. The van der Waals surface area contributed by atoms with E-state index in [1.54, 1.807) is 0 Å². The third kappa shape index (κ3) is 7.95. The van der Waals surface area contributed by atoms with Gasteiger partial charge in [0.05, 0.1) is 6.26 Å². The molecule has 0 bridgehead atoms. The fourth-order valence-corrected chi connectivity index (χ4v) is 4.31. The van der Waals surface area contributed by atoms with E-state index in [2.05, 4.69) is 16.0 Å².